The van der Waals surface area contributed by atoms with Crippen LogP contribution in [-0.2, 0) is 4.79 Å². The molecule has 1 amide bonds. The maximum Gasteiger partial charge on any atom is 0.244 e. The molecule has 1 unspecified atom stereocenters. The summed E-state index contributed by atoms with van der Waals surface area (Å²) < 4.78 is 26.9. The molecule has 3 N–H and O–H groups in total. The van der Waals surface area contributed by atoms with Crippen LogP contribution in [0.5, 0.6) is 0 Å². The topological polar surface area (TPSA) is 55.1 Å². The van der Waals surface area contributed by atoms with Gasteiger partial charge >= 0.3 is 0 Å². The molecular weight excluding hydrogens is 330 g/mol. The van der Waals surface area contributed by atoms with Crippen molar-refractivity contribution in [3.8, 4) is 0 Å². The van der Waals surface area contributed by atoms with E-state index in [4.69, 9.17) is 5.73 Å². The van der Waals surface area contributed by atoms with Gasteiger partial charge in [0.25, 0.3) is 0 Å². The lowest BCUT2D eigenvalue weighted by molar-refractivity contribution is -0.118. The maximum absolute atomic E-state index is 13.3. The smallest absolute Gasteiger partial charge is 0.244 e. The van der Waals surface area contributed by atoms with E-state index >= 15 is 0 Å². The zero-order valence-electron chi connectivity index (χ0n) is 10.2. The summed E-state index contributed by atoms with van der Waals surface area (Å²) in [7, 11) is 0. The summed E-state index contributed by atoms with van der Waals surface area (Å²) in [6, 6.07) is 9.38. The third-order valence-electron chi connectivity index (χ3n) is 2.74. The third-order valence-corrected chi connectivity index (χ3v) is 3.43. The highest BCUT2D eigenvalue weighted by Gasteiger charge is 2.20. The first-order valence-corrected chi connectivity index (χ1v) is 6.53. The highest BCUT2D eigenvalue weighted by atomic mass is 79.9. The van der Waals surface area contributed by atoms with Gasteiger partial charge in [0.15, 0.2) is 11.6 Å². The molecule has 2 aromatic carbocycles. The van der Waals surface area contributed by atoms with Crippen LogP contribution >= 0.6 is 15.9 Å². The number of primary amides is 1. The summed E-state index contributed by atoms with van der Waals surface area (Å²) >= 11 is 3.32. The van der Waals surface area contributed by atoms with Crippen molar-refractivity contribution >= 4 is 27.5 Å². The van der Waals surface area contributed by atoms with Crippen molar-refractivity contribution < 1.29 is 13.6 Å². The van der Waals surface area contributed by atoms with Crippen molar-refractivity contribution in [1.29, 1.82) is 0 Å². The number of amides is 1. The number of carbonyl (C=O) groups excluding carboxylic acids is 1. The molecule has 0 spiro atoms. The zero-order chi connectivity index (χ0) is 14.7. The highest BCUT2D eigenvalue weighted by molar-refractivity contribution is 9.10. The van der Waals surface area contributed by atoms with Gasteiger partial charge in [-0.3, -0.25) is 4.79 Å². The quantitative estimate of drug-likeness (QED) is 0.896. The lowest BCUT2D eigenvalue weighted by Gasteiger charge is -2.18. The van der Waals surface area contributed by atoms with E-state index in [0.29, 0.717) is 5.69 Å². The number of hydrogen-bond acceptors (Lipinski definition) is 2. The standard InChI is InChI=1S/C14H11BrF2N2O/c15-9-3-1-2-4-12(9)19-13(14(18)20)8-5-6-10(16)11(17)7-8/h1-7,13,19H,(H2,18,20). The van der Waals surface area contributed by atoms with E-state index in [0.717, 1.165) is 16.6 Å². The average Bonchev–Trinajstić information content (AvgIpc) is 2.41. The van der Waals surface area contributed by atoms with Gasteiger partial charge in [-0.25, -0.2) is 8.78 Å². The summed E-state index contributed by atoms with van der Waals surface area (Å²) in [6.45, 7) is 0. The van der Waals surface area contributed by atoms with Crippen molar-refractivity contribution in [3.63, 3.8) is 0 Å². The molecule has 0 fully saturated rings. The predicted octanol–water partition coefficient (Wildman–Crippen LogP) is 3.37. The van der Waals surface area contributed by atoms with E-state index in [1.165, 1.54) is 6.07 Å². The Morgan fingerprint density at radius 2 is 1.85 bits per heavy atom. The van der Waals surface area contributed by atoms with Crippen LogP contribution < -0.4 is 11.1 Å². The molecule has 0 saturated carbocycles. The van der Waals surface area contributed by atoms with Gasteiger partial charge in [-0.1, -0.05) is 18.2 Å². The van der Waals surface area contributed by atoms with Crippen LogP contribution in [0.3, 0.4) is 0 Å². The summed E-state index contributed by atoms with van der Waals surface area (Å²) in [5, 5.41) is 2.90. The minimum Gasteiger partial charge on any atom is -0.369 e. The number of rotatable bonds is 4. The Balaban J connectivity index is 2.34. The summed E-state index contributed by atoms with van der Waals surface area (Å²) in [4.78, 5) is 11.5. The van der Waals surface area contributed by atoms with Gasteiger partial charge in [-0.2, -0.15) is 0 Å². The molecule has 2 rings (SSSR count). The summed E-state index contributed by atoms with van der Waals surface area (Å²) in [5.74, 6) is -2.69. The van der Waals surface area contributed by atoms with Gasteiger partial charge in [-0.15, -0.1) is 0 Å². The van der Waals surface area contributed by atoms with E-state index in [2.05, 4.69) is 21.2 Å². The van der Waals surface area contributed by atoms with Crippen molar-refractivity contribution in [3.05, 3.63) is 64.1 Å². The van der Waals surface area contributed by atoms with Gasteiger partial charge in [-0.05, 0) is 45.8 Å². The lowest BCUT2D eigenvalue weighted by atomic mass is 10.1. The fraction of sp³-hybridized carbons (Fsp3) is 0.0714. The Labute approximate surface area is 122 Å². The molecule has 3 nitrogen and oxygen atoms in total. The monoisotopic (exact) mass is 340 g/mol. The molecule has 1 atom stereocenters. The van der Waals surface area contributed by atoms with Gasteiger partial charge in [0.1, 0.15) is 6.04 Å². The number of carbonyl (C=O) groups is 1. The van der Waals surface area contributed by atoms with Crippen LogP contribution in [0.25, 0.3) is 0 Å². The Morgan fingerprint density at radius 1 is 1.15 bits per heavy atom. The van der Waals surface area contributed by atoms with E-state index in [9.17, 15) is 13.6 Å². The molecule has 0 radical (unpaired) electrons. The second kappa shape index (κ2) is 6.00. The van der Waals surface area contributed by atoms with E-state index < -0.39 is 23.6 Å². The average molecular weight is 341 g/mol. The minimum absolute atomic E-state index is 0.257. The maximum atomic E-state index is 13.3. The Bertz CT molecular complexity index is 649. The fourth-order valence-electron chi connectivity index (χ4n) is 1.74. The molecule has 20 heavy (non-hydrogen) atoms. The first-order chi connectivity index (χ1) is 9.49. The fourth-order valence-corrected chi connectivity index (χ4v) is 2.14. The number of halogens is 3. The van der Waals surface area contributed by atoms with Crippen LogP contribution in [0.2, 0.25) is 0 Å². The molecule has 0 aliphatic heterocycles. The number of anilines is 1. The normalized spacial score (nSPS) is 11.9. The van der Waals surface area contributed by atoms with Crippen LogP contribution in [0.1, 0.15) is 11.6 Å². The van der Waals surface area contributed by atoms with Crippen LogP contribution in [0.15, 0.2) is 46.9 Å². The van der Waals surface area contributed by atoms with Crippen LogP contribution in [0.4, 0.5) is 14.5 Å². The molecule has 0 heterocycles. The molecule has 0 aromatic heterocycles. The van der Waals surface area contributed by atoms with Gasteiger partial charge in [0, 0.05) is 10.2 Å². The second-order valence-electron chi connectivity index (χ2n) is 4.13. The molecule has 0 aliphatic rings. The lowest BCUT2D eigenvalue weighted by Crippen LogP contribution is -2.28. The number of para-hydroxylation sites is 1. The van der Waals surface area contributed by atoms with E-state index in [1.54, 1.807) is 18.2 Å². The highest BCUT2D eigenvalue weighted by Crippen LogP contribution is 2.26. The number of hydrogen-bond donors (Lipinski definition) is 2. The molecule has 6 heteroatoms. The molecule has 0 aliphatic carbocycles. The Kier molecular flexibility index (Phi) is 4.34. The largest absolute Gasteiger partial charge is 0.369 e. The minimum atomic E-state index is -1.03. The first-order valence-electron chi connectivity index (χ1n) is 5.74. The molecule has 104 valence electrons. The number of benzene rings is 2. The van der Waals surface area contributed by atoms with Crippen molar-refractivity contribution in [2.45, 2.75) is 6.04 Å². The van der Waals surface area contributed by atoms with Crippen LogP contribution in [0, 0.1) is 11.6 Å². The first kappa shape index (κ1) is 14.5. The number of nitrogens with one attached hydrogen (secondary N) is 1. The predicted molar refractivity (Wildman–Crippen MR) is 76.1 cm³/mol. The summed E-state index contributed by atoms with van der Waals surface area (Å²) in [6.07, 6.45) is 0. The number of nitrogens with two attached hydrogens (primary N) is 1. The van der Waals surface area contributed by atoms with E-state index in [1.807, 2.05) is 6.07 Å². The van der Waals surface area contributed by atoms with Crippen molar-refractivity contribution in [2.24, 2.45) is 5.73 Å². The van der Waals surface area contributed by atoms with Gasteiger partial charge < -0.3 is 11.1 Å². The van der Waals surface area contributed by atoms with E-state index in [-0.39, 0.29) is 5.56 Å². The molecule has 2 aromatic rings. The van der Waals surface area contributed by atoms with Crippen LogP contribution in [-0.4, -0.2) is 5.91 Å². The SMILES string of the molecule is NC(=O)C(Nc1ccccc1Br)c1ccc(F)c(F)c1. The van der Waals surface area contributed by atoms with Crippen molar-refractivity contribution in [2.75, 3.05) is 5.32 Å². The second-order valence-corrected chi connectivity index (χ2v) is 4.99. The Hall–Kier alpha value is -1.95. The zero-order valence-corrected chi connectivity index (χ0v) is 11.8. The molecular formula is C14H11BrF2N2O. The Morgan fingerprint density at radius 3 is 2.45 bits per heavy atom. The van der Waals surface area contributed by atoms with Crippen molar-refractivity contribution in [1.82, 2.24) is 0 Å². The molecule has 0 saturated heterocycles. The third kappa shape index (κ3) is 3.14. The van der Waals surface area contributed by atoms with Gasteiger partial charge in [0.05, 0.1) is 0 Å². The van der Waals surface area contributed by atoms with Gasteiger partial charge in [0.2, 0.25) is 5.91 Å². The molecule has 0 bridgehead atoms. The summed E-state index contributed by atoms with van der Waals surface area (Å²) in [5.41, 5.74) is 6.20.